The summed E-state index contributed by atoms with van der Waals surface area (Å²) in [7, 11) is 0. The zero-order valence-electron chi connectivity index (χ0n) is 11.3. The molecule has 98 valence electrons. The molecule has 0 nitrogen and oxygen atoms in total. The first-order valence-corrected chi connectivity index (χ1v) is 7.07. The van der Waals surface area contributed by atoms with E-state index in [0.717, 1.165) is 5.02 Å². The summed E-state index contributed by atoms with van der Waals surface area (Å²) in [5.41, 5.74) is 3.55. The molecule has 1 heteroatoms. The van der Waals surface area contributed by atoms with Crippen LogP contribution in [-0.4, -0.2) is 0 Å². The average Bonchev–Trinajstić information content (AvgIpc) is 2.49. The quantitative estimate of drug-likeness (QED) is 0.524. The Morgan fingerprint density at radius 3 is 2.45 bits per heavy atom. The van der Waals surface area contributed by atoms with E-state index >= 15 is 0 Å². The fourth-order valence-electron chi connectivity index (χ4n) is 2.46. The van der Waals surface area contributed by atoms with Crippen molar-refractivity contribution >= 4 is 28.4 Å². The first-order chi connectivity index (χ1) is 9.78. The van der Waals surface area contributed by atoms with Crippen LogP contribution in [0.5, 0.6) is 0 Å². The Morgan fingerprint density at radius 2 is 1.65 bits per heavy atom. The molecular weight excluding hydrogens is 264 g/mol. The SMILES string of the molecule is CC=Cc1ccc(Cl)cc1-c1ccc2ccccc2c1. The lowest BCUT2D eigenvalue weighted by Crippen LogP contribution is -1.84. The maximum atomic E-state index is 6.16. The molecule has 0 amide bonds. The van der Waals surface area contributed by atoms with Crippen molar-refractivity contribution in [2.24, 2.45) is 0 Å². The Bertz CT molecular complexity index is 785. The van der Waals surface area contributed by atoms with E-state index in [2.05, 4.69) is 54.6 Å². The largest absolute Gasteiger partial charge is 0.0870 e. The van der Waals surface area contributed by atoms with Gasteiger partial charge in [0, 0.05) is 5.02 Å². The van der Waals surface area contributed by atoms with Gasteiger partial charge < -0.3 is 0 Å². The highest BCUT2D eigenvalue weighted by Crippen LogP contribution is 2.30. The number of rotatable bonds is 2. The molecule has 3 aromatic carbocycles. The summed E-state index contributed by atoms with van der Waals surface area (Å²) in [5.74, 6) is 0. The standard InChI is InChI=1S/C19H15Cl/c1-2-5-15-10-11-18(20)13-19(15)17-9-8-14-6-3-4-7-16(14)12-17/h2-13H,1H3. The molecule has 0 fully saturated rings. The van der Waals surface area contributed by atoms with Crippen LogP contribution in [0.3, 0.4) is 0 Å². The second-order valence-corrected chi connectivity index (χ2v) is 5.23. The van der Waals surface area contributed by atoms with Crippen LogP contribution in [0.25, 0.3) is 28.0 Å². The number of fused-ring (bicyclic) bond motifs is 1. The van der Waals surface area contributed by atoms with Crippen molar-refractivity contribution in [3.63, 3.8) is 0 Å². The Morgan fingerprint density at radius 1 is 0.850 bits per heavy atom. The minimum absolute atomic E-state index is 0.765. The Hall–Kier alpha value is -2.05. The zero-order valence-corrected chi connectivity index (χ0v) is 12.1. The minimum atomic E-state index is 0.765. The summed E-state index contributed by atoms with van der Waals surface area (Å²) in [4.78, 5) is 0. The molecule has 0 aliphatic heterocycles. The normalized spacial score (nSPS) is 11.3. The van der Waals surface area contributed by atoms with Crippen LogP contribution in [0, 0.1) is 0 Å². The van der Waals surface area contributed by atoms with Gasteiger partial charge in [0.05, 0.1) is 0 Å². The van der Waals surface area contributed by atoms with E-state index in [1.54, 1.807) is 0 Å². The van der Waals surface area contributed by atoms with Crippen LogP contribution in [0.4, 0.5) is 0 Å². The molecule has 0 bridgehead atoms. The molecule has 0 saturated carbocycles. The molecule has 0 heterocycles. The van der Waals surface area contributed by atoms with Crippen molar-refractivity contribution in [1.29, 1.82) is 0 Å². The van der Waals surface area contributed by atoms with E-state index in [9.17, 15) is 0 Å². The molecule has 0 aliphatic rings. The molecule has 0 aromatic heterocycles. The molecule has 0 atom stereocenters. The maximum Gasteiger partial charge on any atom is 0.0412 e. The third-order valence-corrected chi connectivity index (χ3v) is 3.66. The van der Waals surface area contributed by atoms with Crippen LogP contribution in [0.15, 0.2) is 66.7 Å². The van der Waals surface area contributed by atoms with Crippen LogP contribution >= 0.6 is 11.6 Å². The summed E-state index contributed by atoms with van der Waals surface area (Å²) in [5, 5.41) is 3.27. The summed E-state index contributed by atoms with van der Waals surface area (Å²) in [6, 6.07) is 20.9. The number of hydrogen-bond acceptors (Lipinski definition) is 0. The number of halogens is 1. The van der Waals surface area contributed by atoms with E-state index in [0.29, 0.717) is 0 Å². The Kier molecular flexibility index (Phi) is 3.58. The molecule has 0 unspecified atom stereocenters. The molecule has 20 heavy (non-hydrogen) atoms. The number of hydrogen-bond donors (Lipinski definition) is 0. The lowest BCUT2D eigenvalue weighted by molar-refractivity contribution is 1.60. The number of benzene rings is 3. The summed E-state index contributed by atoms with van der Waals surface area (Å²) in [6.45, 7) is 2.03. The zero-order chi connectivity index (χ0) is 13.9. The van der Waals surface area contributed by atoms with E-state index in [4.69, 9.17) is 11.6 Å². The molecule has 3 aromatic rings. The first kappa shape index (κ1) is 13.0. The van der Waals surface area contributed by atoms with Gasteiger partial charge in [-0.05, 0) is 52.6 Å². The van der Waals surface area contributed by atoms with Gasteiger partial charge in [0.1, 0.15) is 0 Å². The fourth-order valence-corrected chi connectivity index (χ4v) is 2.63. The predicted octanol–water partition coefficient (Wildman–Crippen LogP) is 6.19. The lowest BCUT2D eigenvalue weighted by atomic mass is 9.97. The second-order valence-electron chi connectivity index (χ2n) is 4.79. The molecule has 0 aliphatic carbocycles. The van der Waals surface area contributed by atoms with Gasteiger partial charge in [-0.15, -0.1) is 0 Å². The third-order valence-electron chi connectivity index (χ3n) is 3.42. The van der Waals surface area contributed by atoms with Gasteiger partial charge in [0.2, 0.25) is 0 Å². The van der Waals surface area contributed by atoms with Crippen molar-refractivity contribution in [3.8, 4) is 11.1 Å². The van der Waals surface area contributed by atoms with Gasteiger partial charge in [-0.3, -0.25) is 0 Å². The van der Waals surface area contributed by atoms with Gasteiger partial charge in [-0.1, -0.05) is 66.2 Å². The van der Waals surface area contributed by atoms with Crippen molar-refractivity contribution in [2.45, 2.75) is 6.92 Å². The topological polar surface area (TPSA) is 0 Å². The predicted molar refractivity (Wildman–Crippen MR) is 89.1 cm³/mol. The monoisotopic (exact) mass is 278 g/mol. The van der Waals surface area contributed by atoms with Gasteiger partial charge in [-0.2, -0.15) is 0 Å². The Balaban J connectivity index is 2.21. The third kappa shape index (κ3) is 2.48. The molecule has 3 rings (SSSR count). The smallest absolute Gasteiger partial charge is 0.0412 e. The highest BCUT2D eigenvalue weighted by Gasteiger charge is 2.05. The molecule has 0 spiro atoms. The summed E-state index contributed by atoms with van der Waals surface area (Å²) >= 11 is 6.16. The van der Waals surface area contributed by atoms with E-state index in [1.165, 1.54) is 27.5 Å². The van der Waals surface area contributed by atoms with Crippen molar-refractivity contribution in [2.75, 3.05) is 0 Å². The lowest BCUT2D eigenvalue weighted by Gasteiger charge is -2.09. The average molecular weight is 279 g/mol. The fraction of sp³-hybridized carbons (Fsp3) is 0.0526. The van der Waals surface area contributed by atoms with Gasteiger partial charge in [0.15, 0.2) is 0 Å². The second kappa shape index (κ2) is 5.52. The van der Waals surface area contributed by atoms with E-state index in [-0.39, 0.29) is 0 Å². The van der Waals surface area contributed by atoms with Gasteiger partial charge in [-0.25, -0.2) is 0 Å². The highest BCUT2D eigenvalue weighted by molar-refractivity contribution is 6.31. The van der Waals surface area contributed by atoms with Crippen LogP contribution < -0.4 is 0 Å². The van der Waals surface area contributed by atoms with E-state index in [1.807, 2.05) is 25.1 Å². The van der Waals surface area contributed by atoms with Crippen LogP contribution in [0.2, 0.25) is 5.02 Å². The van der Waals surface area contributed by atoms with Crippen molar-refractivity contribution < 1.29 is 0 Å². The molecule has 0 N–H and O–H groups in total. The maximum absolute atomic E-state index is 6.16. The number of allylic oxidation sites excluding steroid dienone is 1. The molecule has 0 radical (unpaired) electrons. The molecular formula is C19H15Cl. The van der Waals surface area contributed by atoms with Gasteiger partial charge >= 0.3 is 0 Å². The van der Waals surface area contributed by atoms with Gasteiger partial charge in [0.25, 0.3) is 0 Å². The van der Waals surface area contributed by atoms with Crippen molar-refractivity contribution in [1.82, 2.24) is 0 Å². The highest BCUT2D eigenvalue weighted by atomic mass is 35.5. The van der Waals surface area contributed by atoms with Crippen LogP contribution in [0.1, 0.15) is 12.5 Å². The minimum Gasteiger partial charge on any atom is -0.0870 e. The molecule has 0 saturated heterocycles. The van der Waals surface area contributed by atoms with E-state index < -0.39 is 0 Å². The Labute approximate surface area is 124 Å². The summed E-state index contributed by atoms with van der Waals surface area (Å²) in [6.07, 6.45) is 4.16. The van der Waals surface area contributed by atoms with Crippen LogP contribution in [-0.2, 0) is 0 Å². The summed E-state index contributed by atoms with van der Waals surface area (Å²) < 4.78 is 0. The van der Waals surface area contributed by atoms with Crippen molar-refractivity contribution in [3.05, 3.63) is 77.3 Å². The first-order valence-electron chi connectivity index (χ1n) is 6.69.